The Kier molecular flexibility index (Phi) is 6.48. The quantitative estimate of drug-likeness (QED) is 0.483. The molecule has 11 heteroatoms. The molecule has 1 aromatic carbocycles. The number of rotatable bonds is 6. The predicted molar refractivity (Wildman–Crippen MR) is 97.4 cm³/mol. The van der Waals surface area contributed by atoms with E-state index in [2.05, 4.69) is 15.6 Å². The Morgan fingerprint density at radius 1 is 1.33 bits per heavy atom. The van der Waals surface area contributed by atoms with Crippen LogP contribution in [0.15, 0.2) is 23.2 Å². The molecule has 3 N–H and O–H groups in total. The number of anilines is 1. The van der Waals surface area contributed by atoms with Crippen molar-refractivity contribution in [3.8, 4) is 0 Å². The van der Waals surface area contributed by atoms with Gasteiger partial charge in [0.05, 0.1) is 10.6 Å². The summed E-state index contributed by atoms with van der Waals surface area (Å²) in [4.78, 5) is 27.9. The molecule has 1 aliphatic rings. The van der Waals surface area contributed by atoms with Crippen LogP contribution in [0.25, 0.3) is 0 Å². The van der Waals surface area contributed by atoms with Gasteiger partial charge in [0, 0.05) is 18.8 Å². The maximum atomic E-state index is 12.6. The first kappa shape index (κ1) is 21.2. The van der Waals surface area contributed by atoms with Gasteiger partial charge in [-0.15, -0.1) is 11.6 Å². The molecular formula is C16H15Cl2F3N4O2. The lowest BCUT2D eigenvalue weighted by Gasteiger charge is -2.16. The number of nitrogens with one attached hydrogen (secondary N) is 3. The lowest BCUT2D eigenvalue weighted by atomic mass is 10.1. The van der Waals surface area contributed by atoms with Gasteiger partial charge >= 0.3 is 6.18 Å². The van der Waals surface area contributed by atoms with E-state index in [9.17, 15) is 22.8 Å². The molecule has 0 aliphatic heterocycles. The van der Waals surface area contributed by atoms with E-state index in [-0.39, 0.29) is 22.3 Å². The van der Waals surface area contributed by atoms with Crippen LogP contribution in [0.4, 0.5) is 18.9 Å². The number of benzene rings is 1. The fraction of sp³-hybridized carbons (Fsp3) is 0.375. The minimum Gasteiger partial charge on any atom is -0.349 e. The second-order valence-electron chi connectivity index (χ2n) is 5.78. The second kappa shape index (κ2) is 8.26. The van der Waals surface area contributed by atoms with Crippen LogP contribution >= 0.6 is 23.2 Å². The van der Waals surface area contributed by atoms with Gasteiger partial charge in [-0.3, -0.25) is 20.0 Å². The van der Waals surface area contributed by atoms with Crippen LogP contribution in [0, 0.1) is 5.41 Å². The molecule has 0 bridgehead atoms. The Hall–Kier alpha value is -2.13. The summed E-state index contributed by atoms with van der Waals surface area (Å²) in [7, 11) is 1.09. The molecule has 2 amide bonds. The van der Waals surface area contributed by atoms with Crippen molar-refractivity contribution in [1.29, 1.82) is 5.41 Å². The lowest BCUT2D eigenvalue weighted by molar-refractivity contribution is -0.110. The molecule has 27 heavy (non-hydrogen) atoms. The summed E-state index contributed by atoms with van der Waals surface area (Å²) in [5.41, 5.74) is -2.26. The molecule has 0 heterocycles. The molecule has 1 unspecified atom stereocenters. The zero-order chi connectivity index (χ0) is 20.4. The Bertz CT molecular complexity index is 807. The molecule has 1 aromatic rings. The molecule has 0 aromatic heterocycles. The van der Waals surface area contributed by atoms with Crippen molar-refractivity contribution >= 4 is 52.1 Å². The number of amides is 2. The Morgan fingerprint density at radius 2 is 1.96 bits per heavy atom. The van der Waals surface area contributed by atoms with Gasteiger partial charge in [-0.25, -0.2) is 0 Å². The molecule has 0 saturated heterocycles. The zero-order valence-electron chi connectivity index (χ0n) is 14.0. The van der Waals surface area contributed by atoms with Crippen molar-refractivity contribution in [2.45, 2.75) is 30.4 Å². The molecule has 0 spiro atoms. The number of aliphatic imine (C=N–C) groups is 1. The van der Waals surface area contributed by atoms with Crippen molar-refractivity contribution in [3.63, 3.8) is 0 Å². The van der Waals surface area contributed by atoms with Crippen molar-refractivity contribution in [3.05, 3.63) is 28.8 Å². The topological polar surface area (TPSA) is 94.4 Å². The van der Waals surface area contributed by atoms with E-state index in [0.717, 1.165) is 19.9 Å². The highest BCUT2D eigenvalue weighted by Crippen LogP contribution is 2.25. The van der Waals surface area contributed by atoms with Crippen LogP contribution in [0.1, 0.15) is 23.2 Å². The molecule has 1 aliphatic carbocycles. The van der Waals surface area contributed by atoms with Gasteiger partial charge in [0.25, 0.3) is 11.8 Å². The van der Waals surface area contributed by atoms with Crippen molar-refractivity contribution in [2.24, 2.45) is 4.99 Å². The van der Waals surface area contributed by atoms with E-state index in [0.29, 0.717) is 0 Å². The highest BCUT2D eigenvalue weighted by Gasteiger charge is 2.42. The molecule has 2 rings (SSSR count). The van der Waals surface area contributed by atoms with E-state index in [1.165, 1.54) is 18.2 Å². The Morgan fingerprint density at radius 3 is 2.48 bits per heavy atom. The maximum Gasteiger partial charge on any atom is 0.430 e. The van der Waals surface area contributed by atoms with Crippen LogP contribution in [-0.4, -0.2) is 47.9 Å². The summed E-state index contributed by atoms with van der Waals surface area (Å²) >= 11 is 11.6. The first-order valence-electron chi connectivity index (χ1n) is 7.72. The van der Waals surface area contributed by atoms with Gasteiger partial charge in [-0.1, -0.05) is 11.6 Å². The zero-order valence-corrected chi connectivity index (χ0v) is 15.5. The number of alkyl halides is 4. The summed E-state index contributed by atoms with van der Waals surface area (Å²) in [6.07, 6.45) is -3.24. The summed E-state index contributed by atoms with van der Waals surface area (Å²) in [5, 5.41) is 10.2. The predicted octanol–water partition coefficient (Wildman–Crippen LogP) is 3.43. The van der Waals surface area contributed by atoms with Gasteiger partial charge in [0.15, 0.2) is 0 Å². The number of halogens is 5. The lowest BCUT2D eigenvalue weighted by Crippen LogP contribution is -2.41. The molecule has 6 nitrogen and oxygen atoms in total. The average molecular weight is 423 g/mol. The van der Waals surface area contributed by atoms with Crippen LogP contribution < -0.4 is 10.6 Å². The first-order valence-corrected chi connectivity index (χ1v) is 8.54. The van der Waals surface area contributed by atoms with Gasteiger partial charge in [-0.05, 0) is 31.0 Å². The summed E-state index contributed by atoms with van der Waals surface area (Å²) < 4.78 is 37.9. The molecule has 1 atom stereocenters. The van der Waals surface area contributed by atoms with Gasteiger partial charge < -0.3 is 10.6 Å². The van der Waals surface area contributed by atoms with Crippen LogP contribution in [0.5, 0.6) is 0 Å². The van der Waals surface area contributed by atoms with Gasteiger partial charge in [0.1, 0.15) is 16.8 Å². The van der Waals surface area contributed by atoms with Gasteiger partial charge in [0.2, 0.25) is 0 Å². The number of hydrogen-bond donors (Lipinski definition) is 3. The molecule has 146 valence electrons. The van der Waals surface area contributed by atoms with E-state index < -0.39 is 34.8 Å². The Labute approximate surface area is 162 Å². The highest BCUT2D eigenvalue weighted by molar-refractivity contribution is 6.59. The minimum absolute atomic E-state index is 0.0935. The highest BCUT2D eigenvalue weighted by atomic mass is 35.5. The average Bonchev–Trinajstić information content (AvgIpc) is 3.39. The van der Waals surface area contributed by atoms with E-state index in [1.807, 2.05) is 0 Å². The molecule has 1 saturated carbocycles. The molecule has 0 radical (unpaired) electrons. The SMILES string of the molecule is CN=C(C(=O)Nc1ccc(Cl)c(C(=O)NC2CC2)c1)C(Cl)C(=N)C(F)(F)F. The number of nitrogens with zero attached hydrogens (tertiary/aromatic N) is 1. The molecular weight excluding hydrogens is 408 g/mol. The fourth-order valence-electron chi connectivity index (χ4n) is 2.07. The third-order valence-electron chi connectivity index (χ3n) is 3.65. The van der Waals surface area contributed by atoms with E-state index >= 15 is 0 Å². The fourth-order valence-corrected chi connectivity index (χ4v) is 2.60. The summed E-state index contributed by atoms with van der Waals surface area (Å²) in [5.74, 6) is -1.44. The van der Waals surface area contributed by atoms with Crippen molar-refractivity contribution in [1.82, 2.24) is 5.32 Å². The van der Waals surface area contributed by atoms with Crippen molar-refractivity contribution < 1.29 is 22.8 Å². The van der Waals surface area contributed by atoms with Gasteiger partial charge in [-0.2, -0.15) is 13.2 Å². The smallest absolute Gasteiger partial charge is 0.349 e. The maximum absolute atomic E-state index is 12.6. The standard InChI is InChI=1S/C16H15Cl2F3N4O2/c1-23-12(11(18)13(22)16(19,20)21)15(27)25-8-4-5-10(17)9(6-8)14(26)24-7-2-3-7/h4-7,11,22H,2-3H2,1H3,(H,24,26)(H,25,27). The monoisotopic (exact) mass is 422 g/mol. The van der Waals surface area contributed by atoms with Crippen LogP contribution in [-0.2, 0) is 4.79 Å². The first-order chi connectivity index (χ1) is 12.5. The largest absolute Gasteiger partial charge is 0.430 e. The number of carbonyl (C=O) groups excluding carboxylic acids is 2. The third kappa shape index (κ3) is 5.43. The summed E-state index contributed by atoms with van der Waals surface area (Å²) in [6, 6.07) is 4.14. The minimum atomic E-state index is -4.99. The van der Waals surface area contributed by atoms with E-state index in [1.54, 1.807) is 0 Å². The molecule has 1 fully saturated rings. The summed E-state index contributed by atoms with van der Waals surface area (Å²) in [6.45, 7) is 0. The normalized spacial score (nSPS) is 15.9. The van der Waals surface area contributed by atoms with Crippen molar-refractivity contribution in [2.75, 3.05) is 12.4 Å². The van der Waals surface area contributed by atoms with Crippen LogP contribution in [0.3, 0.4) is 0 Å². The number of hydrogen-bond acceptors (Lipinski definition) is 4. The third-order valence-corrected chi connectivity index (χ3v) is 4.41. The van der Waals surface area contributed by atoms with Crippen LogP contribution in [0.2, 0.25) is 5.02 Å². The Balaban J connectivity index is 2.16. The van der Waals surface area contributed by atoms with E-state index in [4.69, 9.17) is 28.6 Å². The number of carbonyl (C=O) groups is 2. The second-order valence-corrected chi connectivity index (χ2v) is 6.62.